The molecular weight excluding hydrogens is 1360 g/mol. The number of nitrogens with one attached hydrogen (secondary N) is 4. The summed E-state index contributed by atoms with van der Waals surface area (Å²) in [5, 5.41) is 53.9. The van der Waals surface area contributed by atoms with Crippen LogP contribution in [0.1, 0.15) is 81.1 Å². The minimum atomic E-state index is -2.36. The Morgan fingerprint density at radius 2 is 0.689 bits per heavy atom. The average molecular weight is 1450 g/mol. The summed E-state index contributed by atoms with van der Waals surface area (Å²) in [5.74, 6) is -0.404. The van der Waals surface area contributed by atoms with Crippen molar-refractivity contribution < 1.29 is 77.6 Å². The number of hydrogen-bond donors (Lipinski definition) is 8. The number of ether oxygens (including phenoxy) is 6. The molecular formula is C80H92N10O16. The second-order valence-electron chi connectivity index (χ2n) is 27.2. The number of carbonyl (C=O) groups is 6. The molecule has 2 heterocycles. The van der Waals surface area contributed by atoms with Gasteiger partial charge in [0.2, 0.25) is 0 Å². The largest absolute Gasteiger partial charge is 0.457 e. The van der Waals surface area contributed by atoms with Crippen LogP contribution in [-0.2, 0) is 38.2 Å². The van der Waals surface area contributed by atoms with E-state index in [1.165, 1.54) is 41.5 Å². The maximum Gasteiger partial charge on any atom is 0.339 e. The Hall–Kier alpha value is -11.3. The number of aliphatic hydroxyl groups excluding tert-OH is 1. The Morgan fingerprint density at radius 1 is 0.396 bits per heavy atom. The van der Waals surface area contributed by atoms with Crippen LogP contribution in [0.4, 0.5) is 45.5 Å². The van der Waals surface area contributed by atoms with Crippen LogP contribution in [0, 0.1) is 0 Å². The van der Waals surface area contributed by atoms with Crippen LogP contribution in [0.15, 0.2) is 194 Å². The predicted molar refractivity (Wildman–Crippen MR) is 404 cm³/mol. The van der Waals surface area contributed by atoms with E-state index in [1.807, 2.05) is 97.1 Å². The molecule has 0 spiro atoms. The van der Waals surface area contributed by atoms with Crippen molar-refractivity contribution in [3.05, 3.63) is 194 Å². The summed E-state index contributed by atoms with van der Waals surface area (Å²) in [6.07, 6.45) is -3.31. The molecule has 106 heavy (non-hydrogen) atoms. The van der Waals surface area contributed by atoms with Gasteiger partial charge in [0.1, 0.15) is 63.3 Å². The van der Waals surface area contributed by atoms with Gasteiger partial charge < -0.3 is 89.7 Å². The second kappa shape index (κ2) is 33.7. The first-order chi connectivity index (χ1) is 50.5. The van der Waals surface area contributed by atoms with Gasteiger partial charge in [0.25, 0.3) is 23.6 Å². The quantitative estimate of drug-likeness (QED) is 0.0202. The number of hydrogen-bond acceptors (Lipinski definition) is 22. The predicted octanol–water partition coefficient (Wildman–Crippen LogP) is 12.0. The van der Waals surface area contributed by atoms with E-state index in [-0.39, 0.29) is 19.3 Å². The Bertz CT molecular complexity index is 4310. The summed E-state index contributed by atoms with van der Waals surface area (Å²) in [4.78, 5) is 91.6. The zero-order valence-corrected chi connectivity index (χ0v) is 61.1. The monoisotopic (exact) mass is 1450 g/mol. The van der Waals surface area contributed by atoms with E-state index in [0.717, 1.165) is 42.8 Å². The zero-order valence-electron chi connectivity index (χ0n) is 61.1. The zero-order chi connectivity index (χ0) is 76.1. The number of esters is 2. The molecule has 8 aromatic rings. The molecule has 0 aliphatic carbocycles. The molecule has 558 valence electrons. The van der Waals surface area contributed by atoms with Crippen LogP contribution in [0.5, 0.6) is 46.0 Å². The van der Waals surface area contributed by atoms with E-state index in [9.17, 15) is 49.2 Å². The SMILES string of the molecule is CCC(C)(O)C(=O)Nc1ccc(Oc2ccc(N3CN(c4ccc(Oc5ccc(NC(=O)C(C)(O)CC(O)(CC)C(=O)OC(C)C(=O)Nc6ccc(Oc7ccc(N8CN(C)CN(C)C8)cc7)cc6)cc5)cc4)CN(c4ccc(Oc5ccc(NC(=O)C(C)(CC)OC(=O)C(C)O)cc5)cc4)C3)cc2)cc1. The van der Waals surface area contributed by atoms with Gasteiger partial charge in [-0.3, -0.25) is 29.0 Å². The van der Waals surface area contributed by atoms with Crippen molar-refractivity contribution in [2.45, 2.75) is 116 Å². The molecule has 26 heteroatoms. The van der Waals surface area contributed by atoms with E-state index in [1.54, 1.807) is 111 Å². The minimum absolute atomic E-state index is 0.182. The van der Waals surface area contributed by atoms with Gasteiger partial charge in [-0.25, -0.2) is 9.59 Å². The highest BCUT2D eigenvalue weighted by Gasteiger charge is 2.47. The highest BCUT2D eigenvalue weighted by Crippen LogP contribution is 2.36. The third kappa shape index (κ3) is 20.2. The van der Waals surface area contributed by atoms with Gasteiger partial charge in [0.05, 0.1) is 40.0 Å². The van der Waals surface area contributed by atoms with E-state index in [0.29, 0.717) is 88.8 Å². The van der Waals surface area contributed by atoms with Gasteiger partial charge in [-0.2, -0.15) is 0 Å². The number of benzene rings is 8. The van der Waals surface area contributed by atoms with E-state index >= 15 is 0 Å². The molecule has 2 aliphatic rings. The van der Waals surface area contributed by atoms with E-state index in [4.69, 9.17) is 28.4 Å². The Morgan fingerprint density at radius 3 is 0.991 bits per heavy atom. The lowest BCUT2D eigenvalue weighted by molar-refractivity contribution is -0.179. The van der Waals surface area contributed by atoms with Crippen LogP contribution < -0.4 is 59.8 Å². The number of carbonyl (C=O) groups excluding carboxylic acids is 6. The highest BCUT2D eigenvalue weighted by molar-refractivity contribution is 6.00. The molecule has 26 nitrogen and oxygen atoms in total. The first kappa shape index (κ1) is 77.4. The van der Waals surface area contributed by atoms with Gasteiger partial charge in [0, 0.05) is 51.9 Å². The fraction of sp³-hybridized carbons (Fsp3) is 0.325. The van der Waals surface area contributed by atoms with E-state index in [2.05, 4.69) is 64.8 Å². The van der Waals surface area contributed by atoms with Crippen molar-refractivity contribution >= 4 is 81.1 Å². The average Bonchev–Trinajstić information content (AvgIpc) is 0.818. The molecule has 2 fully saturated rings. The van der Waals surface area contributed by atoms with E-state index < -0.39 is 76.6 Å². The van der Waals surface area contributed by atoms with Crippen molar-refractivity contribution in [1.82, 2.24) is 9.80 Å². The molecule has 6 atom stereocenters. The first-order valence-corrected chi connectivity index (χ1v) is 34.9. The van der Waals surface area contributed by atoms with Crippen LogP contribution in [-0.4, -0.2) is 155 Å². The fourth-order valence-corrected chi connectivity index (χ4v) is 11.5. The lowest BCUT2D eigenvalue weighted by atomic mass is 9.85. The van der Waals surface area contributed by atoms with Crippen LogP contribution in [0.3, 0.4) is 0 Å². The molecule has 0 aromatic heterocycles. The number of rotatable bonds is 29. The molecule has 0 bridgehead atoms. The molecule has 0 saturated carbocycles. The van der Waals surface area contributed by atoms with Gasteiger partial charge in [-0.15, -0.1) is 0 Å². The smallest absolute Gasteiger partial charge is 0.339 e. The molecule has 0 radical (unpaired) electrons. The van der Waals surface area contributed by atoms with Crippen LogP contribution in [0.2, 0.25) is 0 Å². The maximum absolute atomic E-state index is 13.7. The first-order valence-electron chi connectivity index (χ1n) is 34.9. The number of aliphatic hydroxyl groups is 4. The Labute approximate surface area is 616 Å². The molecule has 6 unspecified atom stereocenters. The van der Waals surface area contributed by atoms with Crippen molar-refractivity contribution in [2.75, 3.05) is 95.0 Å². The Kier molecular flexibility index (Phi) is 24.6. The number of anilines is 8. The molecule has 2 saturated heterocycles. The number of amides is 4. The molecule has 10 rings (SSSR count). The van der Waals surface area contributed by atoms with Gasteiger partial charge >= 0.3 is 11.9 Å². The molecule has 2 aliphatic heterocycles. The standard InChI is InChI=1S/C80H92N10O16/c1-11-77(6,98)73(94)82-56-16-32-64(33-17-56)103-68-40-24-60(25-41-68)88-50-89(52-90(51-88)62-28-44-70(45-29-62)105-66-36-20-58(21-37-66)84-75(96)79(8,12-2)106-72(93)53(4)91)61-26-42-69(43-27-61)104-65-34-18-57(19-35-65)83-74(95)78(7,99)46-80(100,13-3)76(97)101-54(5)71(92)81-55-14-30-63(31-15-55)102-67-38-22-59(23-39-67)87-48-85(9)47-86(10)49-87/h14-45,53-54,91,98-100H,11-13,46-52H2,1-10H3,(H,81,92)(H,82,94)(H,83,95)(H,84,96). The molecule has 8 N–H and O–H groups in total. The van der Waals surface area contributed by atoms with Crippen LogP contribution >= 0.6 is 0 Å². The third-order valence-electron chi connectivity index (χ3n) is 18.3. The van der Waals surface area contributed by atoms with Crippen molar-refractivity contribution in [1.29, 1.82) is 0 Å². The lowest BCUT2D eigenvalue weighted by Crippen LogP contribution is -2.55. The minimum Gasteiger partial charge on any atom is -0.457 e. The summed E-state index contributed by atoms with van der Waals surface area (Å²) >= 11 is 0. The van der Waals surface area contributed by atoms with Crippen LogP contribution in [0.25, 0.3) is 0 Å². The summed E-state index contributed by atoms with van der Waals surface area (Å²) in [6, 6.07) is 57.4. The number of nitrogens with zero attached hydrogens (tertiary/aromatic N) is 6. The van der Waals surface area contributed by atoms with Crippen molar-refractivity contribution in [3.63, 3.8) is 0 Å². The summed E-state index contributed by atoms with van der Waals surface area (Å²) in [6.45, 7) is 15.6. The highest BCUT2D eigenvalue weighted by atomic mass is 16.6. The summed E-state index contributed by atoms with van der Waals surface area (Å²) in [5.41, 5.74) is -2.24. The summed E-state index contributed by atoms with van der Waals surface area (Å²) in [7, 11) is 4.14. The lowest BCUT2D eigenvalue weighted by Gasteiger charge is -2.45. The molecule has 4 amide bonds. The second-order valence-corrected chi connectivity index (χ2v) is 27.2. The topological polar surface area (TPSA) is 306 Å². The van der Waals surface area contributed by atoms with Gasteiger partial charge in [-0.1, -0.05) is 20.8 Å². The molecule has 8 aromatic carbocycles. The Balaban J connectivity index is 0.739. The fourth-order valence-electron chi connectivity index (χ4n) is 11.5. The van der Waals surface area contributed by atoms with Gasteiger partial charge in [0.15, 0.2) is 17.3 Å². The van der Waals surface area contributed by atoms with Crippen molar-refractivity contribution in [2.24, 2.45) is 0 Å². The third-order valence-corrected chi connectivity index (χ3v) is 18.3. The normalized spacial score (nSPS) is 16.2. The summed E-state index contributed by atoms with van der Waals surface area (Å²) < 4.78 is 35.5. The maximum atomic E-state index is 13.7. The van der Waals surface area contributed by atoms with Gasteiger partial charge in [-0.05, 0) is 262 Å². The van der Waals surface area contributed by atoms with Crippen molar-refractivity contribution in [3.8, 4) is 46.0 Å².